The summed E-state index contributed by atoms with van der Waals surface area (Å²) >= 11 is 0. The smallest absolute Gasteiger partial charge is 0.254 e. The Morgan fingerprint density at radius 1 is 1.33 bits per heavy atom. The Hall–Kier alpha value is -1.78. The molecule has 98 valence electrons. The van der Waals surface area contributed by atoms with Crippen LogP contribution in [0.15, 0.2) is 24.8 Å². The number of carbonyl (C=O) groups excluding carboxylic acids is 1. The summed E-state index contributed by atoms with van der Waals surface area (Å²) in [6, 6.07) is 1.23. The van der Waals surface area contributed by atoms with E-state index in [1.54, 1.807) is 13.8 Å². The summed E-state index contributed by atoms with van der Waals surface area (Å²) in [4.78, 5) is 13.4. The highest BCUT2D eigenvalue weighted by molar-refractivity contribution is 5.94. The van der Waals surface area contributed by atoms with E-state index < -0.39 is 23.4 Å². The number of nitrogens with zero attached hydrogens (tertiary/aromatic N) is 1. The van der Waals surface area contributed by atoms with Gasteiger partial charge in [-0.25, -0.2) is 13.2 Å². The van der Waals surface area contributed by atoms with Crippen molar-refractivity contribution in [3.05, 3.63) is 47.8 Å². The molecule has 0 saturated carbocycles. The molecule has 1 aromatic rings. The molecule has 5 heteroatoms. The molecule has 1 aromatic carbocycles. The summed E-state index contributed by atoms with van der Waals surface area (Å²) in [7, 11) is 0. The zero-order valence-corrected chi connectivity index (χ0v) is 10.2. The van der Waals surface area contributed by atoms with Crippen molar-refractivity contribution in [3.63, 3.8) is 0 Å². The first-order valence-corrected chi connectivity index (χ1v) is 5.45. The highest BCUT2D eigenvalue weighted by Gasteiger charge is 2.21. The maximum atomic E-state index is 13.0. The van der Waals surface area contributed by atoms with Crippen LogP contribution in [-0.4, -0.2) is 23.4 Å². The van der Waals surface area contributed by atoms with Crippen LogP contribution in [0, 0.1) is 17.5 Å². The third kappa shape index (κ3) is 2.91. The van der Waals surface area contributed by atoms with Gasteiger partial charge in [-0.2, -0.15) is 0 Å². The minimum absolute atomic E-state index is 0.160. The van der Waals surface area contributed by atoms with Crippen molar-refractivity contribution in [1.82, 2.24) is 4.90 Å². The number of hydrogen-bond acceptors (Lipinski definition) is 1. The second-order valence-corrected chi connectivity index (χ2v) is 4.09. The third-order valence-electron chi connectivity index (χ3n) is 2.44. The Labute approximate surface area is 104 Å². The molecule has 0 aromatic heterocycles. The lowest BCUT2D eigenvalue weighted by Gasteiger charge is -2.25. The highest BCUT2D eigenvalue weighted by Crippen LogP contribution is 2.16. The van der Waals surface area contributed by atoms with Gasteiger partial charge in [0, 0.05) is 18.2 Å². The summed E-state index contributed by atoms with van der Waals surface area (Å²) in [6.07, 6.45) is 1.51. The van der Waals surface area contributed by atoms with Gasteiger partial charge in [-0.3, -0.25) is 4.79 Å². The van der Waals surface area contributed by atoms with Gasteiger partial charge >= 0.3 is 0 Å². The van der Waals surface area contributed by atoms with Gasteiger partial charge in [0.1, 0.15) is 0 Å². The minimum Gasteiger partial charge on any atom is -0.333 e. The van der Waals surface area contributed by atoms with E-state index >= 15 is 0 Å². The minimum atomic E-state index is -1.58. The summed E-state index contributed by atoms with van der Waals surface area (Å²) in [5, 5.41) is 0. The van der Waals surface area contributed by atoms with Crippen LogP contribution >= 0.6 is 0 Å². The van der Waals surface area contributed by atoms with E-state index in [-0.39, 0.29) is 18.2 Å². The molecule has 0 unspecified atom stereocenters. The van der Waals surface area contributed by atoms with E-state index in [2.05, 4.69) is 6.58 Å². The molecule has 0 aliphatic rings. The Morgan fingerprint density at radius 2 is 1.83 bits per heavy atom. The third-order valence-corrected chi connectivity index (χ3v) is 2.44. The number of benzene rings is 1. The van der Waals surface area contributed by atoms with Crippen molar-refractivity contribution in [2.24, 2.45) is 0 Å². The van der Waals surface area contributed by atoms with E-state index in [1.807, 2.05) is 0 Å². The van der Waals surface area contributed by atoms with Gasteiger partial charge in [0.25, 0.3) is 5.91 Å². The average Bonchev–Trinajstić information content (AvgIpc) is 2.31. The molecule has 0 spiro atoms. The van der Waals surface area contributed by atoms with Crippen molar-refractivity contribution in [1.29, 1.82) is 0 Å². The summed E-state index contributed by atoms with van der Waals surface area (Å²) in [6.45, 7) is 7.28. The van der Waals surface area contributed by atoms with Crippen molar-refractivity contribution in [2.75, 3.05) is 6.54 Å². The average molecular weight is 257 g/mol. The second kappa shape index (κ2) is 5.71. The molecule has 0 saturated heterocycles. The molecule has 1 amide bonds. The molecule has 0 N–H and O–H groups in total. The van der Waals surface area contributed by atoms with E-state index in [4.69, 9.17) is 0 Å². The van der Waals surface area contributed by atoms with Crippen molar-refractivity contribution in [2.45, 2.75) is 19.9 Å². The van der Waals surface area contributed by atoms with Crippen LogP contribution in [0.1, 0.15) is 24.2 Å². The lowest BCUT2D eigenvalue weighted by molar-refractivity contribution is 0.0727. The first-order chi connectivity index (χ1) is 8.38. The predicted molar refractivity (Wildman–Crippen MR) is 62.7 cm³/mol. The summed E-state index contributed by atoms with van der Waals surface area (Å²) in [5.74, 6) is -4.89. The van der Waals surface area contributed by atoms with Crippen LogP contribution in [-0.2, 0) is 0 Å². The Morgan fingerprint density at radius 3 is 2.22 bits per heavy atom. The van der Waals surface area contributed by atoms with Crippen molar-refractivity contribution >= 4 is 5.91 Å². The molecule has 0 heterocycles. The van der Waals surface area contributed by atoms with Gasteiger partial charge in [-0.05, 0) is 26.0 Å². The summed E-state index contributed by atoms with van der Waals surface area (Å²) in [5.41, 5.74) is -0.220. The van der Waals surface area contributed by atoms with Crippen LogP contribution in [0.5, 0.6) is 0 Å². The molecule has 0 fully saturated rings. The molecule has 0 aliphatic heterocycles. The Kier molecular flexibility index (Phi) is 4.53. The van der Waals surface area contributed by atoms with Gasteiger partial charge in [-0.1, -0.05) is 6.08 Å². The first kappa shape index (κ1) is 14.3. The van der Waals surface area contributed by atoms with E-state index in [1.165, 1.54) is 11.0 Å². The fourth-order valence-electron chi connectivity index (χ4n) is 1.51. The van der Waals surface area contributed by atoms with Crippen LogP contribution in [0.25, 0.3) is 0 Å². The van der Waals surface area contributed by atoms with Gasteiger partial charge in [0.05, 0.1) is 0 Å². The van der Waals surface area contributed by atoms with E-state index in [9.17, 15) is 18.0 Å². The van der Waals surface area contributed by atoms with Crippen LogP contribution < -0.4 is 0 Å². The van der Waals surface area contributed by atoms with Gasteiger partial charge in [-0.15, -0.1) is 6.58 Å². The van der Waals surface area contributed by atoms with Gasteiger partial charge in [0.2, 0.25) is 0 Å². The lowest BCUT2D eigenvalue weighted by Crippen LogP contribution is -2.37. The van der Waals surface area contributed by atoms with Crippen LogP contribution in [0.2, 0.25) is 0 Å². The van der Waals surface area contributed by atoms with Crippen molar-refractivity contribution in [3.8, 4) is 0 Å². The largest absolute Gasteiger partial charge is 0.333 e. The van der Waals surface area contributed by atoms with E-state index in [0.717, 1.165) is 0 Å². The van der Waals surface area contributed by atoms with Crippen LogP contribution in [0.4, 0.5) is 13.2 Å². The number of halogens is 3. The standard InChI is InChI=1S/C13H14F3NO/c1-4-5-17(8(2)3)13(18)9-6-10(14)12(16)11(15)7-9/h4,6-8H,1,5H2,2-3H3. The normalized spacial score (nSPS) is 10.6. The predicted octanol–water partition coefficient (Wildman–Crippen LogP) is 3.14. The fraction of sp³-hybridized carbons (Fsp3) is 0.308. The highest BCUT2D eigenvalue weighted by atomic mass is 19.2. The van der Waals surface area contributed by atoms with E-state index in [0.29, 0.717) is 12.1 Å². The molecule has 18 heavy (non-hydrogen) atoms. The number of carbonyl (C=O) groups is 1. The molecular weight excluding hydrogens is 243 g/mol. The molecule has 2 nitrogen and oxygen atoms in total. The zero-order valence-electron chi connectivity index (χ0n) is 10.2. The molecule has 0 radical (unpaired) electrons. The topological polar surface area (TPSA) is 20.3 Å². The first-order valence-electron chi connectivity index (χ1n) is 5.45. The SMILES string of the molecule is C=CCN(C(=O)c1cc(F)c(F)c(F)c1)C(C)C. The molecule has 0 aliphatic carbocycles. The van der Waals surface area contributed by atoms with Gasteiger partial charge < -0.3 is 4.90 Å². The van der Waals surface area contributed by atoms with Gasteiger partial charge in [0.15, 0.2) is 17.5 Å². The Balaban J connectivity index is 3.13. The number of amides is 1. The summed E-state index contributed by atoms with van der Waals surface area (Å²) < 4.78 is 38.9. The molecule has 0 atom stereocenters. The van der Waals surface area contributed by atoms with Crippen LogP contribution in [0.3, 0.4) is 0 Å². The van der Waals surface area contributed by atoms with Crippen molar-refractivity contribution < 1.29 is 18.0 Å². The molecule has 1 rings (SSSR count). The Bertz CT molecular complexity index is 448. The number of rotatable bonds is 4. The number of hydrogen-bond donors (Lipinski definition) is 0. The second-order valence-electron chi connectivity index (χ2n) is 4.09. The fourth-order valence-corrected chi connectivity index (χ4v) is 1.51. The molecule has 0 bridgehead atoms. The lowest BCUT2D eigenvalue weighted by atomic mass is 10.1. The zero-order chi connectivity index (χ0) is 13.9. The molecular formula is C13H14F3NO. The maximum Gasteiger partial charge on any atom is 0.254 e. The quantitative estimate of drug-likeness (QED) is 0.599. The maximum absolute atomic E-state index is 13.0. The monoisotopic (exact) mass is 257 g/mol.